The van der Waals surface area contributed by atoms with Crippen molar-refractivity contribution in [3.05, 3.63) is 52.8 Å². The Morgan fingerprint density at radius 1 is 1.33 bits per heavy atom. The SMILES string of the molecule is CCCNC(c1cccc(F)c1Cl)c1nccn1CCC. The zero-order valence-electron chi connectivity index (χ0n) is 12.4. The van der Waals surface area contributed by atoms with Gasteiger partial charge in [0, 0.05) is 18.9 Å². The molecule has 1 aromatic carbocycles. The summed E-state index contributed by atoms with van der Waals surface area (Å²) in [5, 5.41) is 3.58. The molecule has 0 saturated carbocycles. The molecule has 0 aliphatic rings. The van der Waals surface area contributed by atoms with Crippen molar-refractivity contribution < 1.29 is 4.39 Å². The summed E-state index contributed by atoms with van der Waals surface area (Å²) in [5.74, 6) is 0.476. The predicted molar refractivity (Wildman–Crippen MR) is 84.1 cm³/mol. The van der Waals surface area contributed by atoms with E-state index in [1.165, 1.54) is 6.07 Å². The lowest BCUT2D eigenvalue weighted by molar-refractivity contribution is 0.526. The fourth-order valence-corrected chi connectivity index (χ4v) is 2.62. The second-order valence-electron chi connectivity index (χ2n) is 5.01. The molecule has 2 rings (SSSR count). The average molecular weight is 310 g/mol. The first-order chi connectivity index (χ1) is 10.2. The molecule has 3 nitrogen and oxygen atoms in total. The van der Waals surface area contributed by atoms with Crippen LogP contribution in [0.15, 0.2) is 30.6 Å². The molecular formula is C16H21ClFN3. The maximum atomic E-state index is 13.8. The van der Waals surface area contributed by atoms with Gasteiger partial charge in [-0.05, 0) is 31.0 Å². The predicted octanol–water partition coefficient (Wildman–Crippen LogP) is 4.17. The molecule has 1 unspecified atom stereocenters. The highest BCUT2D eigenvalue weighted by molar-refractivity contribution is 6.31. The second kappa shape index (κ2) is 7.57. The first kappa shape index (κ1) is 16.0. The van der Waals surface area contributed by atoms with Crippen LogP contribution in [0.2, 0.25) is 5.02 Å². The Balaban J connectivity index is 2.42. The average Bonchev–Trinajstić information content (AvgIpc) is 2.92. The van der Waals surface area contributed by atoms with E-state index < -0.39 is 5.82 Å². The molecule has 114 valence electrons. The van der Waals surface area contributed by atoms with Gasteiger partial charge in [0.05, 0.1) is 11.1 Å². The maximum absolute atomic E-state index is 13.8. The maximum Gasteiger partial charge on any atom is 0.142 e. The molecule has 1 heterocycles. The Morgan fingerprint density at radius 3 is 2.86 bits per heavy atom. The van der Waals surface area contributed by atoms with Gasteiger partial charge in [0.15, 0.2) is 0 Å². The Labute approximate surface area is 130 Å². The minimum atomic E-state index is -0.397. The van der Waals surface area contributed by atoms with Crippen molar-refractivity contribution in [2.75, 3.05) is 6.54 Å². The summed E-state index contributed by atoms with van der Waals surface area (Å²) in [6.07, 6.45) is 5.73. The first-order valence-electron chi connectivity index (χ1n) is 7.37. The molecule has 2 aromatic rings. The molecule has 5 heteroatoms. The Kier molecular flexibility index (Phi) is 5.76. The molecule has 0 radical (unpaired) electrons. The van der Waals surface area contributed by atoms with Crippen LogP contribution in [0.4, 0.5) is 4.39 Å². The molecule has 1 N–H and O–H groups in total. The summed E-state index contributed by atoms with van der Waals surface area (Å²) < 4.78 is 15.9. The number of aromatic nitrogens is 2. The summed E-state index contributed by atoms with van der Waals surface area (Å²) in [5.41, 5.74) is 0.730. The lowest BCUT2D eigenvalue weighted by atomic mass is 10.1. The number of aryl methyl sites for hydroxylation is 1. The van der Waals surface area contributed by atoms with Gasteiger partial charge in [-0.15, -0.1) is 0 Å². The number of nitrogens with one attached hydrogen (secondary N) is 1. The van der Waals surface area contributed by atoms with E-state index >= 15 is 0 Å². The van der Waals surface area contributed by atoms with Crippen molar-refractivity contribution in [2.45, 2.75) is 39.3 Å². The highest BCUT2D eigenvalue weighted by Crippen LogP contribution is 2.29. The zero-order chi connectivity index (χ0) is 15.2. The molecule has 0 amide bonds. The summed E-state index contributed by atoms with van der Waals surface area (Å²) in [6.45, 7) is 5.91. The van der Waals surface area contributed by atoms with Crippen LogP contribution in [-0.4, -0.2) is 16.1 Å². The Hall–Kier alpha value is -1.39. The summed E-state index contributed by atoms with van der Waals surface area (Å²) in [4.78, 5) is 4.45. The van der Waals surface area contributed by atoms with Crippen LogP contribution >= 0.6 is 11.6 Å². The molecule has 0 aliphatic carbocycles. The van der Waals surface area contributed by atoms with E-state index in [0.29, 0.717) is 0 Å². The van der Waals surface area contributed by atoms with Gasteiger partial charge in [0.1, 0.15) is 11.6 Å². The van der Waals surface area contributed by atoms with E-state index in [1.807, 2.05) is 12.3 Å². The number of rotatable bonds is 7. The molecule has 1 atom stereocenters. The van der Waals surface area contributed by atoms with E-state index in [2.05, 4.69) is 28.7 Å². The van der Waals surface area contributed by atoms with E-state index in [0.717, 1.165) is 37.3 Å². The smallest absolute Gasteiger partial charge is 0.142 e. The third-order valence-corrected chi connectivity index (χ3v) is 3.76. The van der Waals surface area contributed by atoms with Crippen LogP contribution in [0, 0.1) is 5.82 Å². The normalized spacial score (nSPS) is 12.6. The van der Waals surface area contributed by atoms with Gasteiger partial charge in [-0.2, -0.15) is 0 Å². The molecule has 0 saturated heterocycles. The molecule has 0 fully saturated rings. The van der Waals surface area contributed by atoms with Crippen molar-refractivity contribution >= 4 is 11.6 Å². The number of halogens is 2. The number of hydrogen-bond acceptors (Lipinski definition) is 2. The van der Waals surface area contributed by atoms with Gasteiger partial charge in [-0.3, -0.25) is 0 Å². The number of hydrogen-bond donors (Lipinski definition) is 1. The zero-order valence-corrected chi connectivity index (χ0v) is 13.2. The van der Waals surface area contributed by atoms with Crippen LogP contribution in [0.25, 0.3) is 0 Å². The van der Waals surface area contributed by atoms with Gasteiger partial charge in [-0.1, -0.05) is 37.6 Å². The molecule has 0 bridgehead atoms. The third-order valence-electron chi connectivity index (χ3n) is 3.36. The van der Waals surface area contributed by atoms with Gasteiger partial charge in [0.2, 0.25) is 0 Å². The minimum Gasteiger partial charge on any atom is -0.333 e. The molecule has 1 aromatic heterocycles. The third kappa shape index (κ3) is 3.63. The van der Waals surface area contributed by atoms with Crippen LogP contribution in [0.3, 0.4) is 0 Å². The van der Waals surface area contributed by atoms with Crippen molar-refractivity contribution in [1.29, 1.82) is 0 Å². The van der Waals surface area contributed by atoms with Gasteiger partial charge >= 0.3 is 0 Å². The van der Waals surface area contributed by atoms with Gasteiger partial charge < -0.3 is 9.88 Å². The highest BCUT2D eigenvalue weighted by atomic mass is 35.5. The fraction of sp³-hybridized carbons (Fsp3) is 0.438. The van der Waals surface area contributed by atoms with Crippen molar-refractivity contribution in [2.24, 2.45) is 0 Å². The van der Waals surface area contributed by atoms with Crippen molar-refractivity contribution in [3.8, 4) is 0 Å². The summed E-state index contributed by atoms with van der Waals surface area (Å²) >= 11 is 6.16. The second-order valence-corrected chi connectivity index (χ2v) is 5.39. The minimum absolute atomic E-state index is 0.164. The van der Waals surface area contributed by atoms with E-state index in [1.54, 1.807) is 12.3 Å². The van der Waals surface area contributed by atoms with Gasteiger partial charge in [0.25, 0.3) is 0 Å². The first-order valence-corrected chi connectivity index (χ1v) is 7.75. The summed E-state index contributed by atoms with van der Waals surface area (Å²) in [7, 11) is 0. The van der Waals surface area contributed by atoms with Gasteiger partial charge in [-0.25, -0.2) is 9.37 Å². The lowest BCUT2D eigenvalue weighted by Crippen LogP contribution is -2.26. The van der Waals surface area contributed by atoms with Crippen molar-refractivity contribution in [3.63, 3.8) is 0 Å². The van der Waals surface area contributed by atoms with Crippen LogP contribution in [0.1, 0.15) is 44.1 Å². The Bertz CT molecular complexity index is 583. The topological polar surface area (TPSA) is 29.9 Å². The quantitative estimate of drug-likeness (QED) is 0.831. The fourth-order valence-electron chi connectivity index (χ4n) is 2.38. The van der Waals surface area contributed by atoms with E-state index in [-0.39, 0.29) is 11.1 Å². The molecular weight excluding hydrogens is 289 g/mol. The molecule has 21 heavy (non-hydrogen) atoms. The largest absolute Gasteiger partial charge is 0.333 e. The Morgan fingerprint density at radius 2 is 2.14 bits per heavy atom. The van der Waals surface area contributed by atoms with Crippen LogP contribution < -0.4 is 5.32 Å². The number of imidazole rings is 1. The number of benzene rings is 1. The molecule has 0 aliphatic heterocycles. The lowest BCUT2D eigenvalue weighted by Gasteiger charge is -2.21. The molecule has 0 spiro atoms. The standard InChI is InChI=1S/C16H21ClFN3/c1-3-8-19-15(12-6-5-7-13(18)14(12)17)16-20-9-11-21(16)10-4-2/h5-7,9,11,15,19H,3-4,8,10H2,1-2H3. The van der Waals surface area contributed by atoms with E-state index in [4.69, 9.17) is 11.6 Å². The monoisotopic (exact) mass is 309 g/mol. The van der Waals surface area contributed by atoms with Crippen LogP contribution in [0.5, 0.6) is 0 Å². The van der Waals surface area contributed by atoms with Crippen molar-refractivity contribution in [1.82, 2.24) is 14.9 Å². The van der Waals surface area contributed by atoms with E-state index in [9.17, 15) is 4.39 Å². The summed E-state index contributed by atoms with van der Waals surface area (Å²) in [6, 6.07) is 4.71. The van der Waals surface area contributed by atoms with Crippen LogP contribution in [-0.2, 0) is 6.54 Å². The number of nitrogens with zero attached hydrogens (tertiary/aromatic N) is 2. The highest BCUT2D eigenvalue weighted by Gasteiger charge is 2.22.